The van der Waals surface area contributed by atoms with Gasteiger partial charge in [-0.3, -0.25) is 0 Å². The van der Waals surface area contributed by atoms with E-state index in [-0.39, 0.29) is 0 Å². The molecule has 0 saturated carbocycles. The van der Waals surface area contributed by atoms with Crippen LogP contribution >= 0.6 is 0 Å². The van der Waals surface area contributed by atoms with E-state index in [4.69, 9.17) is 0 Å². The van der Waals surface area contributed by atoms with Gasteiger partial charge < -0.3 is 15.1 Å². The molecule has 17 heavy (non-hydrogen) atoms. The maximum absolute atomic E-state index is 3.50. The number of rotatable bonds is 7. The SMILES string of the molecule is CC(C)NCCC(C)N(C)CC1CCN(C)C1. The Morgan fingerprint density at radius 1 is 1.35 bits per heavy atom. The van der Waals surface area contributed by atoms with E-state index in [9.17, 15) is 0 Å². The Morgan fingerprint density at radius 2 is 2.06 bits per heavy atom. The lowest BCUT2D eigenvalue weighted by Gasteiger charge is -2.27. The van der Waals surface area contributed by atoms with Crippen LogP contribution in [0.1, 0.15) is 33.6 Å². The Morgan fingerprint density at radius 3 is 2.59 bits per heavy atom. The molecule has 2 unspecified atom stereocenters. The quantitative estimate of drug-likeness (QED) is 0.731. The van der Waals surface area contributed by atoms with Gasteiger partial charge in [-0.05, 0) is 52.9 Å². The van der Waals surface area contributed by atoms with Gasteiger partial charge in [0.25, 0.3) is 0 Å². The van der Waals surface area contributed by atoms with E-state index < -0.39 is 0 Å². The van der Waals surface area contributed by atoms with Crippen molar-refractivity contribution in [2.75, 3.05) is 40.3 Å². The van der Waals surface area contributed by atoms with Crippen molar-refractivity contribution in [3.63, 3.8) is 0 Å². The summed E-state index contributed by atoms with van der Waals surface area (Å²) < 4.78 is 0. The van der Waals surface area contributed by atoms with Gasteiger partial charge in [-0.25, -0.2) is 0 Å². The summed E-state index contributed by atoms with van der Waals surface area (Å²) in [5.74, 6) is 0.880. The van der Waals surface area contributed by atoms with Crippen LogP contribution in [-0.4, -0.2) is 62.2 Å². The van der Waals surface area contributed by atoms with E-state index in [1.807, 2.05) is 0 Å². The first kappa shape index (κ1) is 14.9. The fourth-order valence-corrected chi connectivity index (χ4v) is 2.56. The summed E-state index contributed by atoms with van der Waals surface area (Å²) in [5, 5.41) is 3.50. The maximum Gasteiger partial charge on any atom is 0.00760 e. The van der Waals surface area contributed by atoms with Crippen LogP contribution in [0.25, 0.3) is 0 Å². The lowest BCUT2D eigenvalue weighted by molar-refractivity contribution is 0.208. The van der Waals surface area contributed by atoms with Crippen molar-refractivity contribution in [2.24, 2.45) is 5.92 Å². The number of nitrogens with zero attached hydrogens (tertiary/aromatic N) is 2. The van der Waals surface area contributed by atoms with E-state index in [1.54, 1.807) is 0 Å². The predicted molar refractivity (Wildman–Crippen MR) is 75.5 cm³/mol. The van der Waals surface area contributed by atoms with Gasteiger partial charge in [0.15, 0.2) is 0 Å². The minimum absolute atomic E-state index is 0.607. The van der Waals surface area contributed by atoms with Gasteiger partial charge in [-0.15, -0.1) is 0 Å². The first-order valence-electron chi connectivity index (χ1n) is 7.11. The first-order valence-corrected chi connectivity index (χ1v) is 7.11. The number of nitrogens with one attached hydrogen (secondary N) is 1. The lowest BCUT2D eigenvalue weighted by Crippen LogP contribution is -2.37. The van der Waals surface area contributed by atoms with E-state index in [0.717, 1.165) is 12.5 Å². The van der Waals surface area contributed by atoms with Gasteiger partial charge in [-0.2, -0.15) is 0 Å². The predicted octanol–water partition coefficient (Wildman–Crippen LogP) is 1.65. The molecule has 3 heteroatoms. The van der Waals surface area contributed by atoms with Crippen LogP contribution in [0.4, 0.5) is 0 Å². The van der Waals surface area contributed by atoms with Gasteiger partial charge >= 0.3 is 0 Å². The van der Waals surface area contributed by atoms with E-state index in [2.05, 4.69) is 50.0 Å². The number of hydrogen-bond acceptors (Lipinski definition) is 3. The average Bonchev–Trinajstić information content (AvgIpc) is 2.63. The van der Waals surface area contributed by atoms with E-state index in [1.165, 1.54) is 32.5 Å². The molecule has 1 aliphatic heterocycles. The minimum atomic E-state index is 0.607. The molecule has 0 amide bonds. The van der Waals surface area contributed by atoms with Crippen molar-refractivity contribution in [3.8, 4) is 0 Å². The second kappa shape index (κ2) is 7.34. The standard InChI is InChI=1S/C14H31N3/c1-12(2)15-8-6-13(3)17(5)11-14-7-9-16(4)10-14/h12-15H,6-11H2,1-5H3. The molecule has 0 radical (unpaired) electrons. The van der Waals surface area contributed by atoms with Crippen LogP contribution in [0.15, 0.2) is 0 Å². The molecule has 0 aromatic heterocycles. The lowest BCUT2D eigenvalue weighted by atomic mass is 10.1. The molecular formula is C14H31N3. The first-order chi connectivity index (χ1) is 7.99. The summed E-state index contributed by atoms with van der Waals surface area (Å²) in [6.45, 7) is 11.7. The van der Waals surface area contributed by atoms with Crippen LogP contribution in [-0.2, 0) is 0 Å². The molecule has 0 aromatic carbocycles. The highest BCUT2D eigenvalue weighted by atomic mass is 15.2. The van der Waals surface area contributed by atoms with Gasteiger partial charge in [0.2, 0.25) is 0 Å². The van der Waals surface area contributed by atoms with Crippen LogP contribution in [0.5, 0.6) is 0 Å². The van der Waals surface area contributed by atoms with Gasteiger partial charge in [0.05, 0.1) is 0 Å². The summed E-state index contributed by atoms with van der Waals surface area (Å²) in [4.78, 5) is 4.98. The number of hydrogen-bond donors (Lipinski definition) is 1. The third kappa shape index (κ3) is 5.84. The Balaban J connectivity index is 2.15. The smallest absolute Gasteiger partial charge is 0.00760 e. The normalized spacial score (nSPS) is 23.8. The van der Waals surface area contributed by atoms with Crippen LogP contribution < -0.4 is 5.32 Å². The fourth-order valence-electron chi connectivity index (χ4n) is 2.56. The molecule has 1 heterocycles. The summed E-state index contributed by atoms with van der Waals surface area (Å²) in [6.07, 6.45) is 2.62. The Labute approximate surface area is 108 Å². The maximum atomic E-state index is 3.50. The molecule has 1 rings (SSSR count). The summed E-state index contributed by atoms with van der Waals surface area (Å²) in [5.41, 5.74) is 0. The third-order valence-electron chi connectivity index (χ3n) is 3.90. The zero-order valence-corrected chi connectivity index (χ0v) is 12.4. The van der Waals surface area contributed by atoms with Crippen molar-refractivity contribution in [1.82, 2.24) is 15.1 Å². The molecule has 0 aromatic rings. The van der Waals surface area contributed by atoms with Crippen LogP contribution in [0.2, 0.25) is 0 Å². The van der Waals surface area contributed by atoms with Crippen molar-refractivity contribution < 1.29 is 0 Å². The monoisotopic (exact) mass is 241 g/mol. The molecule has 0 bridgehead atoms. The summed E-state index contributed by atoms with van der Waals surface area (Å²) >= 11 is 0. The minimum Gasteiger partial charge on any atom is -0.314 e. The second-order valence-electron chi connectivity index (χ2n) is 6.10. The summed E-state index contributed by atoms with van der Waals surface area (Å²) in [6, 6.07) is 1.29. The molecule has 1 fully saturated rings. The average molecular weight is 241 g/mol. The van der Waals surface area contributed by atoms with Crippen molar-refractivity contribution in [1.29, 1.82) is 0 Å². The zero-order valence-electron chi connectivity index (χ0n) is 12.4. The van der Waals surface area contributed by atoms with E-state index >= 15 is 0 Å². The summed E-state index contributed by atoms with van der Waals surface area (Å²) in [7, 11) is 4.51. The molecule has 0 aliphatic carbocycles. The zero-order chi connectivity index (χ0) is 12.8. The highest BCUT2D eigenvalue weighted by Gasteiger charge is 2.22. The Hall–Kier alpha value is -0.120. The fraction of sp³-hybridized carbons (Fsp3) is 1.00. The Kier molecular flexibility index (Phi) is 6.45. The molecule has 1 aliphatic rings. The largest absolute Gasteiger partial charge is 0.314 e. The van der Waals surface area contributed by atoms with Crippen LogP contribution in [0, 0.1) is 5.92 Å². The Bertz CT molecular complexity index is 206. The highest BCUT2D eigenvalue weighted by Crippen LogP contribution is 2.16. The van der Waals surface area contributed by atoms with Gasteiger partial charge in [0.1, 0.15) is 0 Å². The second-order valence-corrected chi connectivity index (χ2v) is 6.10. The molecule has 3 nitrogen and oxygen atoms in total. The van der Waals surface area contributed by atoms with Gasteiger partial charge in [-0.1, -0.05) is 13.8 Å². The molecule has 0 spiro atoms. The highest BCUT2D eigenvalue weighted by molar-refractivity contribution is 4.77. The third-order valence-corrected chi connectivity index (χ3v) is 3.90. The van der Waals surface area contributed by atoms with Crippen molar-refractivity contribution in [3.05, 3.63) is 0 Å². The van der Waals surface area contributed by atoms with Gasteiger partial charge in [0, 0.05) is 25.2 Å². The molecule has 102 valence electrons. The molecule has 1 saturated heterocycles. The molecular weight excluding hydrogens is 210 g/mol. The molecule has 2 atom stereocenters. The number of likely N-dealkylation sites (tertiary alicyclic amines) is 1. The van der Waals surface area contributed by atoms with E-state index in [0.29, 0.717) is 12.1 Å². The van der Waals surface area contributed by atoms with Crippen LogP contribution in [0.3, 0.4) is 0 Å². The van der Waals surface area contributed by atoms with Crippen molar-refractivity contribution >= 4 is 0 Å². The molecule has 1 N–H and O–H groups in total. The topological polar surface area (TPSA) is 18.5 Å². The van der Waals surface area contributed by atoms with Crippen molar-refractivity contribution in [2.45, 2.75) is 45.7 Å².